The van der Waals surface area contributed by atoms with Crippen LogP contribution in [0.15, 0.2) is 18.2 Å². The lowest BCUT2D eigenvalue weighted by Gasteiger charge is -2.39. The van der Waals surface area contributed by atoms with E-state index in [4.69, 9.17) is 5.11 Å². The molecule has 1 aliphatic carbocycles. The topological polar surface area (TPSA) is 40.5 Å². The number of aliphatic hydroxyl groups is 1. The van der Waals surface area contributed by atoms with Gasteiger partial charge in [0.15, 0.2) is 6.29 Å². The van der Waals surface area contributed by atoms with Crippen molar-refractivity contribution in [2.24, 2.45) is 0 Å². The molecule has 0 saturated heterocycles. The van der Waals surface area contributed by atoms with Crippen molar-refractivity contribution in [3.63, 3.8) is 0 Å². The molecule has 0 unspecified atom stereocenters. The van der Waals surface area contributed by atoms with Crippen LogP contribution in [0.4, 0.5) is 10.1 Å². The third-order valence-electron chi connectivity index (χ3n) is 3.28. The van der Waals surface area contributed by atoms with Gasteiger partial charge in [-0.3, -0.25) is 4.79 Å². The number of halogens is 1. The fourth-order valence-electron chi connectivity index (χ4n) is 2.19. The highest BCUT2D eigenvalue weighted by Crippen LogP contribution is 2.31. The predicted molar refractivity (Wildman–Crippen MR) is 63.9 cm³/mol. The number of hydrogen-bond acceptors (Lipinski definition) is 3. The van der Waals surface area contributed by atoms with Gasteiger partial charge in [-0.2, -0.15) is 0 Å². The number of carbonyl (C=O) groups is 1. The fourth-order valence-corrected chi connectivity index (χ4v) is 2.19. The molecule has 1 aliphatic rings. The van der Waals surface area contributed by atoms with Gasteiger partial charge in [0.1, 0.15) is 5.82 Å². The zero-order valence-corrected chi connectivity index (χ0v) is 9.60. The molecule has 0 radical (unpaired) electrons. The molecule has 1 N–H and O–H groups in total. The monoisotopic (exact) mass is 237 g/mol. The molecule has 4 heteroatoms. The Balaban J connectivity index is 2.30. The first-order chi connectivity index (χ1) is 8.26. The lowest BCUT2D eigenvalue weighted by molar-refractivity contribution is 0.112. The van der Waals surface area contributed by atoms with E-state index in [9.17, 15) is 9.18 Å². The van der Waals surface area contributed by atoms with Crippen molar-refractivity contribution in [1.82, 2.24) is 0 Å². The second-order valence-electron chi connectivity index (χ2n) is 4.32. The first-order valence-electron chi connectivity index (χ1n) is 5.88. The van der Waals surface area contributed by atoms with Crippen LogP contribution in [0.3, 0.4) is 0 Å². The van der Waals surface area contributed by atoms with Crippen LogP contribution in [0, 0.1) is 5.82 Å². The van der Waals surface area contributed by atoms with E-state index >= 15 is 0 Å². The lowest BCUT2D eigenvalue weighted by atomic mass is 9.90. The molecule has 2 rings (SSSR count). The summed E-state index contributed by atoms with van der Waals surface area (Å²) in [6.07, 6.45) is 3.97. The van der Waals surface area contributed by atoms with E-state index < -0.39 is 5.82 Å². The Morgan fingerprint density at radius 2 is 2.24 bits per heavy atom. The smallest absolute Gasteiger partial charge is 0.152 e. The summed E-state index contributed by atoms with van der Waals surface area (Å²) in [6, 6.07) is 4.58. The first-order valence-corrected chi connectivity index (χ1v) is 5.88. The number of aliphatic hydroxyl groups excluding tert-OH is 1. The quantitative estimate of drug-likeness (QED) is 0.796. The van der Waals surface area contributed by atoms with Gasteiger partial charge in [0.05, 0.1) is 6.61 Å². The highest BCUT2D eigenvalue weighted by Gasteiger charge is 2.26. The predicted octanol–water partition coefficient (Wildman–Crippen LogP) is 1.99. The van der Waals surface area contributed by atoms with Crippen molar-refractivity contribution in [3.8, 4) is 0 Å². The molecule has 0 atom stereocenters. The summed E-state index contributed by atoms with van der Waals surface area (Å²) in [6.45, 7) is 0.517. The summed E-state index contributed by atoms with van der Waals surface area (Å²) in [5, 5.41) is 9.08. The zero-order chi connectivity index (χ0) is 12.3. The van der Waals surface area contributed by atoms with Crippen LogP contribution in [0.25, 0.3) is 0 Å². The van der Waals surface area contributed by atoms with Crippen molar-refractivity contribution in [2.45, 2.75) is 25.3 Å². The Morgan fingerprint density at radius 1 is 1.47 bits per heavy atom. The molecule has 1 fully saturated rings. The van der Waals surface area contributed by atoms with Gasteiger partial charge in [0.25, 0.3) is 0 Å². The molecule has 0 amide bonds. The molecule has 3 nitrogen and oxygen atoms in total. The molecule has 1 saturated carbocycles. The number of anilines is 1. The van der Waals surface area contributed by atoms with Gasteiger partial charge in [0, 0.05) is 23.8 Å². The van der Waals surface area contributed by atoms with Gasteiger partial charge >= 0.3 is 0 Å². The minimum absolute atomic E-state index is 0.0339. The summed E-state index contributed by atoms with van der Waals surface area (Å²) in [5.41, 5.74) is 1.07. The summed E-state index contributed by atoms with van der Waals surface area (Å²) < 4.78 is 13.1. The fraction of sp³-hybridized carbons (Fsp3) is 0.462. The second-order valence-corrected chi connectivity index (χ2v) is 4.32. The van der Waals surface area contributed by atoms with E-state index in [0.29, 0.717) is 24.4 Å². The third kappa shape index (κ3) is 2.47. The van der Waals surface area contributed by atoms with Gasteiger partial charge in [-0.05, 0) is 37.5 Å². The molecule has 0 heterocycles. The van der Waals surface area contributed by atoms with Crippen LogP contribution in [-0.2, 0) is 0 Å². The number of aldehydes is 1. The van der Waals surface area contributed by atoms with Crippen molar-refractivity contribution < 1.29 is 14.3 Å². The molecule has 17 heavy (non-hydrogen) atoms. The van der Waals surface area contributed by atoms with Crippen LogP contribution >= 0.6 is 0 Å². The summed E-state index contributed by atoms with van der Waals surface area (Å²) in [7, 11) is 0. The van der Waals surface area contributed by atoms with Crippen molar-refractivity contribution in [2.75, 3.05) is 18.1 Å². The van der Waals surface area contributed by atoms with Crippen LogP contribution in [-0.4, -0.2) is 30.6 Å². The van der Waals surface area contributed by atoms with E-state index in [1.165, 1.54) is 18.6 Å². The summed E-state index contributed by atoms with van der Waals surface area (Å²) in [5.74, 6) is -0.409. The zero-order valence-electron chi connectivity index (χ0n) is 9.60. The second kappa shape index (κ2) is 5.27. The van der Waals surface area contributed by atoms with Crippen molar-refractivity contribution in [3.05, 3.63) is 29.6 Å². The normalized spacial score (nSPS) is 15.4. The molecule has 0 bridgehead atoms. The summed E-state index contributed by atoms with van der Waals surface area (Å²) in [4.78, 5) is 13.0. The van der Waals surface area contributed by atoms with Crippen molar-refractivity contribution >= 4 is 12.0 Å². The lowest BCUT2D eigenvalue weighted by Crippen LogP contribution is -2.42. The van der Waals surface area contributed by atoms with Crippen molar-refractivity contribution in [1.29, 1.82) is 0 Å². The van der Waals surface area contributed by atoms with Gasteiger partial charge in [0.2, 0.25) is 0 Å². The maximum Gasteiger partial charge on any atom is 0.152 e. The minimum atomic E-state index is -0.409. The third-order valence-corrected chi connectivity index (χ3v) is 3.28. The highest BCUT2D eigenvalue weighted by molar-refractivity contribution is 5.84. The van der Waals surface area contributed by atoms with Crippen LogP contribution < -0.4 is 4.90 Å². The highest BCUT2D eigenvalue weighted by atomic mass is 19.1. The molecular formula is C13H16FNO2. The molecule has 0 aromatic heterocycles. The van der Waals surface area contributed by atoms with Crippen LogP contribution in [0.5, 0.6) is 0 Å². The van der Waals surface area contributed by atoms with Crippen LogP contribution in [0.2, 0.25) is 0 Å². The Labute approximate surface area is 99.9 Å². The Morgan fingerprint density at radius 3 is 2.76 bits per heavy atom. The molecule has 0 spiro atoms. The average Bonchev–Trinajstić information content (AvgIpc) is 2.26. The Bertz CT molecular complexity index is 404. The molecule has 92 valence electrons. The minimum Gasteiger partial charge on any atom is -0.395 e. The Hall–Kier alpha value is -1.42. The summed E-state index contributed by atoms with van der Waals surface area (Å²) >= 11 is 0. The maximum atomic E-state index is 13.1. The van der Waals surface area contributed by atoms with E-state index in [1.54, 1.807) is 6.07 Å². The number of benzene rings is 1. The van der Waals surface area contributed by atoms with Gasteiger partial charge in [-0.25, -0.2) is 4.39 Å². The van der Waals surface area contributed by atoms with Gasteiger partial charge in [-0.15, -0.1) is 0 Å². The largest absolute Gasteiger partial charge is 0.395 e. The van der Waals surface area contributed by atoms with E-state index in [2.05, 4.69) is 0 Å². The molecule has 1 aromatic rings. The van der Waals surface area contributed by atoms with Gasteiger partial charge in [-0.1, -0.05) is 0 Å². The van der Waals surface area contributed by atoms with Crippen LogP contribution in [0.1, 0.15) is 29.6 Å². The molecular weight excluding hydrogens is 221 g/mol. The average molecular weight is 237 g/mol. The number of carbonyl (C=O) groups excluding carboxylic acids is 1. The van der Waals surface area contributed by atoms with Gasteiger partial charge < -0.3 is 10.0 Å². The number of hydrogen-bond donors (Lipinski definition) is 1. The van der Waals surface area contributed by atoms with E-state index in [1.807, 2.05) is 4.90 Å². The standard InChI is InChI=1S/C13H16FNO2/c14-11-4-5-13(10(8-11)9-17)15(6-7-16)12-2-1-3-12/h4-5,8-9,12,16H,1-3,6-7H2. The molecule has 0 aliphatic heterocycles. The number of rotatable bonds is 5. The maximum absolute atomic E-state index is 13.1. The first kappa shape index (κ1) is 12.0. The molecule has 1 aromatic carbocycles. The SMILES string of the molecule is O=Cc1cc(F)ccc1N(CCO)C1CCC1. The number of nitrogens with zero attached hydrogens (tertiary/aromatic N) is 1. The Kier molecular flexibility index (Phi) is 3.74. The van der Waals surface area contributed by atoms with E-state index in [-0.39, 0.29) is 6.61 Å². The van der Waals surface area contributed by atoms with E-state index in [0.717, 1.165) is 18.5 Å².